The van der Waals surface area contributed by atoms with E-state index < -0.39 is 0 Å². The predicted molar refractivity (Wildman–Crippen MR) is 237 cm³/mol. The molecule has 0 amide bonds. The predicted octanol–water partition coefficient (Wildman–Crippen LogP) is 13.3. The molecule has 0 atom stereocenters. The molecule has 0 saturated carbocycles. The van der Waals surface area contributed by atoms with Crippen LogP contribution >= 0.6 is 0 Å². The highest BCUT2D eigenvalue weighted by molar-refractivity contribution is 6.16. The van der Waals surface area contributed by atoms with E-state index in [1.807, 2.05) is 72.8 Å². The summed E-state index contributed by atoms with van der Waals surface area (Å²) in [5, 5.41) is 4.67. The quantitative estimate of drug-likeness (QED) is 0.160. The van der Waals surface area contributed by atoms with Gasteiger partial charge in [0.05, 0.1) is 28.6 Å². The van der Waals surface area contributed by atoms with Crippen LogP contribution in [0, 0.1) is 6.57 Å². The van der Waals surface area contributed by atoms with Crippen LogP contribution in [-0.4, -0.2) is 24.1 Å². The highest BCUT2D eigenvalue weighted by Gasteiger charge is 2.20. The molecule has 6 heteroatoms. The van der Waals surface area contributed by atoms with E-state index in [-0.39, 0.29) is 0 Å². The van der Waals surface area contributed by atoms with Gasteiger partial charge in [-0.1, -0.05) is 133 Å². The molecule has 6 nitrogen and oxygen atoms in total. The molecule has 0 fully saturated rings. The minimum Gasteiger partial charge on any atom is -0.309 e. The zero-order valence-corrected chi connectivity index (χ0v) is 31.2. The average Bonchev–Trinajstić information content (AvgIpc) is 3.82. The zero-order valence-electron chi connectivity index (χ0n) is 31.2. The van der Waals surface area contributed by atoms with Gasteiger partial charge in [0.25, 0.3) is 0 Å². The molecule has 11 rings (SSSR count). The van der Waals surface area contributed by atoms with Crippen molar-refractivity contribution in [3.8, 4) is 56.7 Å². The maximum absolute atomic E-state index is 8.18. The lowest BCUT2D eigenvalue weighted by Crippen LogP contribution is -2.00. The lowest BCUT2D eigenvalue weighted by Gasteiger charge is -2.12. The van der Waals surface area contributed by atoms with Crippen molar-refractivity contribution in [3.63, 3.8) is 0 Å². The van der Waals surface area contributed by atoms with Crippen molar-refractivity contribution in [2.45, 2.75) is 0 Å². The summed E-state index contributed by atoms with van der Waals surface area (Å²) in [6, 6.07) is 66.9. The standard InChI is InChI=1S/C52H32N6/c1-53-38-31-36(30-37(32-38)52-55-50(34-16-5-2-6-17-34)54-51(56-52)35-18-7-3-8-19-35)41-24-15-27-47-49(41)44-23-12-14-26-46(44)58(47)40-28-29-43-42-22-11-13-25-45(42)57(48(43)33-40)39-20-9-4-10-21-39/h2-33H. The SMILES string of the molecule is [C-]#[N+]c1cc(-c2nc(-c3ccccc3)nc(-c3ccccc3)n2)cc(-c2cccc3c2c2ccccc2n3-c2ccc3c4ccccc4n(-c4ccccc4)c3c2)c1. The topological polar surface area (TPSA) is 52.9 Å². The smallest absolute Gasteiger partial charge is 0.188 e. The summed E-state index contributed by atoms with van der Waals surface area (Å²) < 4.78 is 4.73. The van der Waals surface area contributed by atoms with Gasteiger partial charge in [0.1, 0.15) is 0 Å². The molecule has 270 valence electrons. The molecule has 11 aromatic rings. The Labute approximate surface area is 334 Å². The molecule has 0 aliphatic rings. The van der Waals surface area contributed by atoms with E-state index in [0.717, 1.165) is 66.5 Å². The van der Waals surface area contributed by atoms with Crippen molar-refractivity contribution in [2.75, 3.05) is 0 Å². The third-order valence-electron chi connectivity index (χ3n) is 10.9. The molecule has 8 aromatic carbocycles. The van der Waals surface area contributed by atoms with E-state index in [1.54, 1.807) is 0 Å². The minimum absolute atomic E-state index is 0.510. The monoisotopic (exact) mass is 740 g/mol. The van der Waals surface area contributed by atoms with Gasteiger partial charge in [-0.15, -0.1) is 0 Å². The van der Waals surface area contributed by atoms with Crippen LogP contribution in [0.5, 0.6) is 0 Å². The number of aromatic nitrogens is 5. The van der Waals surface area contributed by atoms with Gasteiger partial charge in [-0.3, -0.25) is 0 Å². The summed E-state index contributed by atoms with van der Waals surface area (Å²) in [4.78, 5) is 18.9. The number of rotatable bonds is 6. The second-order valence-corrected chi connectivity index (χ2v) is 14.4. The van der Waals surface area contributed by atoms with Gasteiger partial charge < -0.3 is 9.13 Å². The van der Waals surface area contributed by atoms with Gasteiger partial charge in [0.2, 0.25) is 0 Å². The van der Waals surface area contributed by atoms with Crippen molar-refractivity contribution in [1.82, 2.24) is 24.1 Å². The van der Waals surface area contributed by atoms with E-state index >= 15 is 0 Å². The molecule has 0 aliphatic carbocycles. The van der Waals surface area contributed by atoms with Crippen LogP contribution in [0.25, 0.3) is 105 Å². The van der Waals surface area contributed by atoms with Crippen LogP contribution in [0.4, 0.5) is 5.69 Å². The molecule has 0 unspecified atom stereocenters. The third-order valence-corrected chi connectivity index (χ3v) is 10.9. The third kappa shape index (κ3) is 5.45. The van der Waals surface area contributed by atoms with Gasteiger partial charge in [-0.05, 0) is 71.8 Å². The first kappa shape index (κ1) is 33.2. The van der Waals surface area contributed by atoms with E-state index in [4.69, 9.17) is 21.5 Å². The van der Waals surface area contributed by atoms with Crippen LogP contribution in [0.3, 0.4) is 0 Å². The second-order valence-electron chi connectivity index (χ2n) is 14.4. The maximum atomic E-state index is 8.18. The molecule has 58 heavy (non-hydrogen) atoms. The first-order valence-electron chi connectivity index (χ1n) is 19.2. The van der Waals surface area contributed by atoms with E-state index in [9.17, 15) is 0 Å². The Bertz CT molecular complexity index is 3340. The average molecular weight is 741 g/mol. The molecule has 0 saturated heterocycles. The fraction of sp³-hybridized carbons (Fsp3) is 0. The number of para-hydroxylation sites is 3. The second kappa shape index (κ2) is 13.6. The number of hydrogen-bond acceptors (Lipinski definition) is 3. The van der Waals surface area contributed by atoms with Crippen LogP contribution in [0.1, 0.15) is 0 Å². The summed E-state index contributed by atoms with van der Waals surface area (Å²) >= 11 is 0. The summed E-state index contributed by atoms with van der Waals surface area (Å²) in [5.74, 6) is 1.66. The molecular weight excluding hydrogens is 709 g/mol. The Kier molecular flexibility index (Phi) is 7.76. The van der Waals surface area contributed by atoms with Crippen LogP contribution < -0.4 is 0 Å². The van der Waals surface area contributed by atoms with Crippen LogP contribution in [0.15, 0.2) is 194 Å². The number of fused-ring (bicyclic) bond motifs is 6. The molecular formula is C52H32N6. The Morgan fingerprint density at radius 2 is 0.879 bits per heavy atom. The highest BCUT2D eigenvalue weighted by atomic mass is 15.0. The molecule has 0 bridgehead atoms. The number of benzene rings is 8. The molecule has 0 aliphatic heterocycles. The van der Waals surface area contributed by atoms with Gasteiger partial charge in [-0.25, -0.2) is 19.8 Å². The Balaban J connectivity index is 1.13. The lowest BCUT2D eigenvalue weighted by molar-refractivity contribution is 1.07. The minimum atomic E-state index is 0.510. The summed E-state index contributed by atoms with van der Waals surface area (Å²) in [6.45, 7) is 8.18. The highest BCUT2D eigenvalue weighted by Crippen LogP contribution is 2.42. The van der Waals surface area contributed by atoms with Crippen LogP contribution in [-0.2, 0) is 0 Å². The largest absolute Gasteiger partial charge is 0.309 e. The van der Waals surface area contributed by atoms with E-state index in [0.29, 0.717) is 23.2 Å². The number of hydrogen-bond donors (Lipinski definition) is 0. The molecule has 3 aromatic heterocycles. The van der Waals surface area contributed by atoms with Crippen molar-refractivity contribution in [3.05, 3.63) is 206 Å². The molecule has 0 N–H and O–H groups in total. The number of nitrogens with zero attached hydrogens (tertiary/aromatic N) is 6. The Hall–Kier alpha value is -8.14. The Morgan fingerprint density at radius 1 is 0.362 bits per heavy atom. The Morgan fingerprint density at radius 3 is 1.55 bits per heavy atom. The van der Waals surface area contributed by atoms with E-state index in [2.05, 4.69) is 135 Å². The first-order chi connectivity index (χ1) is 28.7. The summed E-state index contributed by atoms with van der Waals surface area (Å²) in [7, 11) is 0. The molecule has 0 spiro atoms. The van der Waals surface area contributed by atoms with Crippen molar-refractivity contribution in [1.29, 1.82) is 0 Å². The summed E-state index contributed by atoms with van der Waals surface area (Å²) in [6.07, 6.45) is 0. The van der Waals surface area contributed by atoms with Crippen LogP contribution in [0.2, 0.25) is 0 Å². The van der Waals surface area contributed by atoms with Gasteiger partial charge in [-0.2, -0.15) is 0 Å². The zero-order chi connectivity index (χ0) is 38.6. The normalized spacial score (nSPS) is 11.4. The van der Waals surface area contributed by atoms with Crippen molar-refractivity contribution in [2.24, 2.45) is 0 Å². The molecule has 0 radical (unpaired) electrons. The molecule has 3 heterocycles. The maximum Gasteiger partial charge on any atom is 0.188 e. The van der Waals surface area contributed by atoms with Gasteiger partial charge >= 0.3 is 0 Å². The van der Waals surface area contributed by atoms with Crippen molar-refractivity contribution < 1.29 is 0 Å². The van der Waals surface area contributed by atoms with E-state index in [1.165, 1.54) is 16.3 Å². The van der Waals surface area contributed by atoms with Gasteiger partial charge in [0, 0.05) is 49.6 Å². The summed E-state index contributed by atoms with van der Waals surface area (Å²) in [5.41, 5.74) is 11.7. The fourth-order valence-electron chi connectivity index (χ4n) is 8.39. The van der Waals surface area contributed by atoms with Crippen molar-refractivity contribution >= 4 is 49.3 Å². The fourth-order valence-corrected chi connectivity index (χ4v) is 8.39. The lowest BCUT2D eigenvalue weighted by atomic mass is 9.97. The van der Waals surface area contributed by atoms with Gasteiger partial charge in [0.15, 0.2) is 23.2 Å². The first-order valence-corrected chi connectivity index (χ1v) is 19.2.